The van der Waals surface area contributed by atoms with Gasteiger partial charge in [-0.15, -0.1) is 0 Å². The fourth-order valence-corrected chi connectivity index (χ4v) is 4.03. The minimum atomic E-state index is -0.403. The van der Waals surface area contributed by atoms with Crippen LogP contribution in [0.2, 0.25) is 0 Å². The molecular formula is C20H29NO2. The Morgan fingerprint density at radius 1 is 1.04 bits per heavy atom. The van der Waals surface area contributed by atoms with Crippen LogP contribution >= 0.6 is 0 Å². The first-order valence-electron chi connectivity index (χ1n) is 9.10. The highest BCUT2D eigenvalue weighted by molar-refractivity contribution is 5.81. The van der Waals surface area contributed by atoms with Crippen molar-refractivity contribution in [1.29, 1.82) is 0 Å². The van der Waals surface area contributed by atoms with Gasteiger partial charge in [-0.1, -0.05) is 38.8 Å². The van der Waals surface area contributed by atoms with E-state index in [0.29, 0.717) is 5.92 Å². The van der Waals surface area contributed by atoms with Crippen LogP contribution < -0.4 is 4.74 Å². The molecule has 1 aromatic carbocycles. The number of amides is 1. The fraction of sp³-hybridized carbons (Fsp3) is 0.650. The Balaban J connectivity index is 1.57. The topological polar surface area (TPSA) is 29.5 Å². The molecule has 1 saturated heterocycles. The van der Waals surface area contributed by atoms with E-state index in [0.717, 1.165) is 30.7 Å². The van der Waals surface area contributed by atoms with Gasteiger partial charge in [-0.25, -0.2) is 0 Å². The molecule has 1 aromatic rings. The van der Waals surface area contributed by atoms with E-state index in [9.17, 15) is 4.79 Å². The van der Waals surface area contributed by atoms with E-state index in [1.165, 1.54) is 31.2 Å². The molecule has 0 bridgehead atoms. The summed E-state index contributed by atoms with van der Waals surface area (Å²) in [7, 11) is 0. The van der Waals surface area contributed by atoms with Crippen molar-refractivity contribution in [2.24, 2.45) is 11.8 Å². The molecular weight excluding hydrogens is 286 g/mol. The maximum atomic E-state index is 12.7. The zero-order valence-corrected chi connectivity index (χ0v) is 14.6. The SMILES string of the molecule is CC(Oc1ccc(C(C)C)cc1)C(=O)N1CC2CCCCC2C1. The van der Waals surface area contributed by atoms with Crippen molar-refractivity contribution >= 4 is 5.91 Å². The van der Waals surface area contributed by atoms with E-state index in [2.05, 4.69) is 26.0 Å². The Morgan fingerprint density at radius 2 is 1.61 bits per heavy atom. The number of hydrogen-bond acceptors (Lipinski definition) is 2. The predicted molar refractivity (Wildman–Crippen MR) is 92.6 cm³/mol. The third kappa shape index (κ3) is 3.70. The molecule has 3 rings (SSSR count). The molecule has 1 heterocycles. The van der Waals surface area contributed by atoms with Crippen molar-refractivity contribution in [3.8, 4) is 5.75 Å². The van der Waals surface area contributed by atoms with E-state index in [4.69, 9.17) is 4.74 Å². The largest absolute Gasteiger partial charge is 0.481 e. The van der Waals surface area contributed by atoms with Crippen molar-refractivity contribution in [2.45, 2.75) is 58.5 Å². The van der Waals surface area contributed by atoms with E-state index in [1.54, 1.807) is 0 Å². The number of nitrogens with zero attached hydrogens (tertiary/aromatic N) is 1. The molecule has 23 heavy (non-hydrogen) atoms. The van der Waals surface area contributed by atoms with Gasteiger partial charge in [0.25, 0.3) is 5.91 Å². The Morgan fingerprint density at radius 3 is 2.13 bits per heavy atom. The minimum absolute atomic E-state index is 0.146. The van der Waals surface area contributed by atoms with E-state index >= 15 is 0 Å². The Hall–Kier alpha value is -1.51. The summed E-state index contributed by atoms with van der Waals surface area (Å²) >= 11 is 0. The normalized spacial score (nSPS) is 25.3. The number of ether oxygens (including phenoxy) is 1. The molecule has 126 valence electrons. The molecule has 1 aliphatic heterocycles. The number of fused-ring (bicyclic) bond motifs is 1. The first-order valence-corrected chi connectivity index (χ1v) is 9.10. The smallest absolute Gasteiger partial charge is 0.263 e. The monoisotopic (exact) mass is 315 g/mol. The standard InChI is InChI=1S/C20H29NO2/c1-14(2)16-8-10-19(11-9-16)23-15(3)20(22)21-12-17-6-4-5-7-18(17)13-21/h8-11,14-15,17-18H,4-7,12-13H2,1-3H3. The van der Waals surface area contributed by atoms with E-state index in [1.807, 2.05) is 24.0 Å². The van der Waals surface area contributed by atoms with E-state index < -0.39 is 6.10 Å². The average Bonchev–Trinajstić information content (AvgIpc) is 2.98. The molecule has 0 aromatic heterocycles. The maximum Gasteiger partial charge on any atom is 0.263 e. The Bertz CT molecular complexity index is 523. The van der Waals surface area contributed by atoms with Crippen molar-refractivity contribution in [3.63, 3.8) is 0 Å². The summed E-state index contributed by atoms with van der Waals surface area (Å²) in [6.45, 7) is 8.09. The van der Waals surface area contributed by atoms with Crippen molar-refractivity contribution < 1.29 is 9.53 Å². The van der Waals surface area contributed by atoms with Crippen LogP contribution in [0.25, 0.3) is 0 Å². The van der Waals surface area contributed by atoms with E-state index in [-0.39, 0.29) is 5.91 Å². The lowest BCUT2D eigenvalue weighted by Gasteiger charge is -2.22. The number of benzene rings is 1. The maximum absolute atomic E-state index is 12.7. The molecule has 3 nitrogen and oxygen atoms in total. The first kappa shape index (κ1) is 16.4. The second-order valence-corrected chi connectivity index (χ2v) is 7.53. The van der Waals surface area contributed by atoms with Gasteiger partial charge in [0.05, 0.1) is 0 Å². The average molecular weight is 315 g/mol. The van der Waals surface area contributed by atoms with Gasteiger partial charge in [0.1, 0.15) is 5.75 Å². The van der Waals surface area contributed by atoms with Crippen molar-refractivity contribution in [2.75, 3.05) is 13.1 Å². The number of rotatable bonds is 4. The van der Waals surface area contributed by atoms with Crippen LogP contribution in [0.4, 0.5) is 0 Å². The highest BCUT2D eigenvalue weighted by Gasteiger charge is 2.37. The molecule has 1 amide bonds. The lowest BCUT2D eigenvalue weighted by atomic mass is 9.82. The van der Waals surface area contributed by atoms with Crippen molar-refractivity contribution in [1.82, 2.24) is 4.90 Å². The lowest BCUT2D eigenvalue weighted by Crippen LogP contribution is -2.39. The highest BCUT2D eigenvalue weighted by Crippen LogP contribution is 2.36. The molecule has 3 unspecified atom stereocenters. The Labute approximate surface area is 140 Å². The van der Waals surface area contributed by atoms with Crippen LogP contribution in [-0.4, -0.2) is 30.0 Å². The third-order valence-electron chi connectivity index (χ3n) is 5.50. The molecule has 1 aliphatic carbocycles. The van der Waals surface area contributed by atoms with Crippen LogP contribution in [0, 0.1) is 11.8 Å². The number of hydrogen-bond donors (Lipinski definition) is 0. The van der Waals surface area contributed by atoms with Gasteiger partial charge in [-0.2, -0.15) is 0 Å². The summed E-state index contributed by atoms with van der Waals surface area (Å²) in [6.07, 6.45) is 4.84. The number of carbonyl (C=O) groups excluding carboxylic acids is 1. The van der Waals surface area contributed by atoms with Gasteiger partial charge in [-0.05, 0) is 55.2 Å². The van der Waals surface area contributed by atoms with Crippen molar-refractivity contribution in [3.05, 3.63) is 29.8 Å². The predicted octanol–water partition coefficient (Wildman–Crippen LogP) is 4.23. The molecule has 3 heteroatoms. The Kier molecular flexibility index (Phi) is 4.93. The number of carbonyl (C=O) groups is 1. The second kappa shape index (κ2) is 6.94. The van der Waals surface area contributed by atoms with Crippen LogP contribution in [0.3, 0.4) is 0 Å². The fourth-order valence-electron chi connectivity index (χ4n) is 4.03. The molecule has 0 N–H and O–H groups in total. The van der Waals surface area contributed by atoms with Gasteiger partial charge < -0.3 is 9.64 Å². The summed E-state index contributed by atoms with van der Waals surface area (Å²) in [4.78, 5) is 14.7. The second-order valence-electron chi connectivity index (χ2n) is 7.53. The van der Waals surface area contributed by atoms with Gasteiger partial charge in [-0.3, -0.25) is 4.79 Å². The number of likely N-dealkylation sites (tertiary alicyclic amines) is 1. The third-order valence-corrected chi connectivity index (χ3v) is 5.50. The molecule has 3 atom stereocenters. The van der Waals surface area contributed by atoms with Gasteiger partial charge in [0.15, 0.2) is 6.10 Å². The van der Waals surface area contributed by atoms with Gasteiger partial charge >= 0.3 is 0 Å². The minimum Gasteiger partial charge on any atom is -0.481 e. The molecule has 2 aliphatic rings. The van der Waals surface area contributed by atoms with Gasteiger partial charge in [0, 0.05) is 13.1 Å². The summed E-state index contributed by atoms with van der Waals surface area (Å²) in [6, 6.07) is 8.12. The van der Waals surface area contributed by atoms with Crippen LogP contribution in [-0.2, 0) is 4.79 Å². The summed E-state index contributed by atoms with van der Waals surface area (Å²) < 4.78 is 5.89. The highest BCUT2D eigenvalue weighted by atomic mass is 16.5. The quantitative estimate of drug-likeness (QED) is 0.832. The summed E-state index contributed by atoms with van der Waals surface area (Å²) in [5.41, 5.74) is 1.29. The van der Waals surface area contributed by atoms with Crippen LogP contribution in [0.1, 0.15) is 57.9 Å². The first-order chi connectivity index (χ1) is 11.0. The molecule has 2 fully saturated rings. The summed E-state index contributed by atoms with van der Waals surface area (Å²) in [5, 5.41) is 0. The van der Waals surface area contributed by atoms with Gasteiger partial charge in [0.2, 0.25) is 0 Å². The zero-order chi connectivity index (χ0) is 16.4. The lowest BCUT2D eigenvalue weighted by molar-refractivity contribution is -0.137. The molecule has 1 saturated carbocycles. The molecule has 0 spiro atoms. The summed E-state index contributed by atoms with van der Waals surface area (Å²) in [5.74, 6) is 2.89. The van der Waals surface area contributed by atoms with Crippen LogP contribution in [0.15, 0.2) is 24.3 Å². The van der Waals surface area contributed by atoms with Crippen LogP contribution in [0.5, 0.6) is 5.75 Å². The molecule has 0 radical (unpaired) electrons. The zero-order valence-electron chi connectivity index (χ0n) is 14.6.